The number of ketones is 1. The molecule has 0 aromatic carbocycles. The summed E-state index contributed by atoms with van der Waals surface area (Å²) in [6.45, 7) is 3.29. The normalized spacial score (nSPS) is 12.8. The maximum absolute atomic E-state index is 10.7. The van der Waals surface area contributed by atoms with Crippen molar-refractivity contribution < 1.29 is 4.79 Å². The lowest BCUT2D eigenvalue weighted by atomic mass is 10.1. The summed E-state index contributed by atoms with van der Waals surface area (Å²) in [5.74, 6) is 0.0741. The van der Waals surface area contributed by atoms with Crippen LogP contribution >= 0.6 is 12.2 Å². The van der Waals surface area contributed by atoms with E-state index in [0.29, 0.717) is 4.86 Å². The Kier molecular flexibility index (Phi) is 3.58. The highest BCUT2D eigenvalue weighted by Crippen LogP contribution is 1.88. The first-order chi connectivity index (χ1) is 4.09. The van der Waals surface area contributed by atoms with Crippen LogP contribution in [0.4, 0.5) is 0 Å². The third-order valence-electron chi connectivity index (χ3n) is 1.10. The van der Waals surface area contributed by atoms with E-state index in [1.165, 1.54) is 6.92 Å². The summed E-state index contributed by atoms with van der Waals surface area (Å²) in [4.78, 5) is 11.4. The SMILES string of the molecule is CNC(C(C)=O)C(C)=S. The number of likely N-dealkylation sites (N-methyl/N-ethyl adjacent to an activating group) is 1. The molecule has 0 saturated carbocycles. The smallest absolute Gasteiger partial charge is 0.151 e. The van der Waals surface area contributed by atoms with Crippen molar-refractivity contribution >= 4 is 22.9 Å². The van der Waals surface area contributed by atoms with E-state index >= 15 is 0 Å². The highest BCUT2D eigenvalue weighted by molar-refractivity contribution is 7.80. The van der Waals surface area contributed by atoms with E-state index in [9.17, 15) is 4.79 Å². The third kappa shape index (κ3) is 2.67. The zero-order valence-electron chi connectivity index (χ0n) is 5.89. The number of Topliss-reactive ketones (excluding diaryl/α,β-unsaturated/α-hetero) is 1. The Bertz CT molecular complexity index is 119. The van der Waals surface area contributed by atoms with E-state index in [0.717, 1.165) is 0 Å². The van der Waals surface area contributed by atoms with E-state index < -0.39 is 0 Å². The van der Waals surface area contributed by atoms with Crippen molar-refractivity contribution in [1.29, 1.82) is 0 Å². The van der Waals surface area contributed by atoms with Crippen LogP contribution in [0.3, 0.4) is 0 Å². The number of thiocarbonyl (C=S) groups is 1. The lowest BCUT2D eigenvalue weighted by molar-refractivity contribution is -0.117. The van der Waals surface area contributed by atoms with Crippen molar-refractivity contribution in [3.8, 4) is 0 Å². The lowest BCUT2D eigenvalue weighted by Crippen LogP contribution is -2.37. The molecule has 1 atom stereocenters. The molecule has 0 amide bonds. The molecule has 0 fully saturated rings. The summed E-state index contributed by atoms with van der Waals surface area (Å²) in [5, 5.41) is 2.81. The molecule has 0 aliphatic rings. The molecule has 52 valence electrons. The van der Waals surface area contributed by atoms with Crippen LogP contribution in [0.2, 0.25) is 0 Å². The minimum absolute atomic E-state index is 0.0741. The van der Waals surface area contributed by atoms with Gasteiger partial charge < -0.3 is 5.32 Å². The van der Waals surface area contributed by atoms with Gasteiger partial charge in [-0.2, -0.15) is 0 Å². The first kappa shape index (κ1) is 8.72. The predicted octanol–water partition coefficient (Wildman–Crippen LogP) is 0.553. The number of nitrogens with one attached hydrogen (secondary N) is 1. The minimum atomic E-state index is -0.236. The van der Waals surface area contributed by atoms with Crippen LogP contribution in [0, 0.1) is 0 Å². The van der Waals surface area contributed by atoms with Gasteiger partial charge in [0.15, 0.2) is 5.78 Å². The van der Waals surface area contributed by atoms with Gasteiger partial charge in [-0.3, -0.25) is 4.79 Å². The highest BCUT2D eigenvalue weighted by Gasteiger charge is 2.11. The second-order valence-corrected chi connectivity index (χ2v) is 2.59. The molecule has 2 nitrogen and oxygen atoms in total. The Balaban J connectivity index is 3.99. The van der Waals surface area contributed by atoms with Crippen LogP contribution < -0.4 is 5.32 Å². The summed E-state index contributed by atoms with van der Waals surface area (Å²) < 4.78 is 0. The fourth-order valence-corrected chi connectivity index (χ4v) is 0.977. The topological polar surface area (TPSA) is 29.1 Å². The molecule has 0 rings (SSSR count). The lowest BCUT2D eigenvalue weighted by Gasteiger charge is -2.08. The van der Waals surface area contributed by atoms with Crippen molar-refractivity contribution in [1.82, 2.24) is 5.32 Å². The van der Waals surface area contributed by atoms with Gasteiger partial charge in [0.25, 0.3) is 0 Å². The van der Waals surface area contributed by atoms with Gasteiger partial charge >= 0.3 is 0 Å². The quantitative estimate of drug-likeness (QED) is 0.588. The van der Waals surface area contributed by atoms with Crippen molar-refractivity contribution in [2.75, 3.05) is 7.05 Å². The molecule has 3 heteroatoms. The highest BCUT2D eigenvalue weighted by atomic mass is 32.1. The molecule has 0 heterocycles. The summed E-state index contributed by atoms with van der Waals surface area (Å²) in [5.41, 5.74) is 0. The molecule has 0 spiro atoms. The number of carbonyl (C=O) groups excluding carboxylic acids is 1. The van der Waals surface area contributed by atoms with Gasteiger partial charge in [0, 0.05) is 4.86 Å². The Hall–Kier alpha value is -0.280. The van der Waals surface area contributed by atoms with Gasteiger partial charge in [-0.1, -0.05) is 12.2 Å². The zero-order valence-corrected chi connectivity index (χ0v) is 6.71. The van der Waals surface area contributed by atoms with Crippen LogP contribution in [0.1, 0.15) is 13.8 Å². The van der Waals surface area contributed by atoms with Gasteiger partial charge in [0.2, 0.25) is 0 Å². The maximum atomic E-state index is 10.7. The van der Waals surface area contributed by atoms with Crippen molar-refractivity contribution in [2.45, 2.75) is 19.9 Å². The van der Waals surface area contributed by atoms with Crippen molar-refractivity contribution in [3.63, 3.8) is 0 Å². The molecule has 0 aromatic heterocycles. The van der Waals surface area contributed by atoms with Crippen molar-refractivity contribution in [2.24, 2.45) is 0 Å². The summed E-state index contributed by atoms with van der Waals surface area (Å²) in [6.07, 6.45) is 0. The van der Waals surface area contributed by atoms with Gasteiger partial charge in [-0.25, -0.2) is 0 Å². The van der Waals surface area contributed by atoms with Crippen molar-refractivity contribution in [3.05, 3.63) is 0 Å². The molecule has 0 aliphatic carbocycles. The largest absolute Gasteiger partial charge is 0.306 e. The van der Waals surface area contributed by atoms with Gasteiger partial charge in [0.1, 0.15) is 0 Å². The molecule has 1 unspecified atom stereocenters. The molecule has 0 bridgehead atoms. The van der Waals surface area contributed by atoms with E-state index in [2.05, 4.69) is 5.32 Å². The molecule has 0 saturated heterocycles. The Morgan fingerprint density at radius 3 is 2.00 bits per heavy atom. The van der Waals surface area contributed by atoms with Crippen LogP contribution in [0.15, 0.2) is 0 Å². The fourth-order valence-electron chi connectivity index (χ4n) is 0.693. The van der Waals surface area contributed by atoms with Crippen LogP contribution in [-0.4, -0.2) is 23.7 Å². The minimum Gasteiger partial charge on any atom is -0.306 e. The number of rotatable bonds is 3. The molecule has 0 aromatic rings. The maximum Gasteiger partial charge on any atom is 0.151 e. The van der Waals surface area contributed by atoms with Crippen LogP contribution in [0.25, 0.3) is 0 Å². The molecule has 0 radical (unpaired) electrons. The monoisotopic (exact) mass is 145 g/mol. The van der Waals surface area contributed by atoms with Crippen LogP contribution in [0.5, 0.6) is 0 Å². The first-order valence-corrected chi connectivity index (χ1v) is 3.18. The standard InChI is InChI=1S/C6H11NOS/c1-4(8)6(7-3)5(2)9/h6-7H,1-3H3. The van der Waals surface area contributed by atoms with Gasteiger partial charge in [-0.05, 0) is 20.9 Å². The fraction of sp³-hybridized carbons (Fsp3) is 0.667. The van der Waals surface area contributed by atoms with E-state index in [1.54, 1.807) is 14.0 Å². The molecule has 9 heavy (non-hydrogen) atoms. The Labute approximate surface area is 60.6 Å². The molecule has 0 aliphatic heterocycles. The average Bonchev–Trinajstić information content (AvgIpc) is 1.64. The van der Waals surface area contributed by atoms with E-state index in [-0.39, 0.29) is 11.8 Å². The van der Waals surface area contributed by atoms with Gasteiger partial charge in [-0.15, -0.1) is 0 Å². The zero-order chi connectivity index (χ0) is 7.44. The van der Waals surface area contributed by atoms with E-state index in [4.69, 9.17) is 12.2 Å². The second-order valence-electron chi connectivity index (χ2n) is 1.94. The Morgan fingerprint density at radius 1 is 1.56 bits per heavy atom. The summed E-state index contributed by atoms with van der Waals surface area (Å²) in [6, 6.07) is -0.236. The number of hydrogen-bond acceptors (Lipinski definition) is 3. The summed E-state index contributed by atoms with van der Waals surface area (Å²) in [7, 11) is 1.72. The number of carbonyl (C=O) groups is 1. The average molecular weight is 145 g/mol. The van der Waals surface area contributed by atoms with E-state index in [1.807, 2.05) is 0 Å². The summed E-state index contributed by atoms with van der Waals surface area (Å²) >= 11 is 4.81. The Morgan fingerprint density at radius 2 is 2.00 bits per heavy atom. The first-order valence-electron chi connectivity index (χ1n) is 2.77. The molecular weight excluding hydrogens is 134 g/mol. The molecule has 1 N–H and O–H groups in total. The molecular formula is C6H11NOS. The predicted molar refractivity (Wildman–Crippen MR) is 41.8 cm³/mol. The second kappa shape index (κ2) is 3.69. The number of hydrogen-bond donors (Lipinski definition) is 1. The third-order valence-corrected chi connectivity index (χ3v) is 1.34. The van der Waals surface area contributed by atoms with Crippen LogP contribution in [-0.2, 0) is 4.79 Å². The van der Waals surface area contributed by atoms with Gasteiger partial charge in [0.05, 0.1) is 6.04 Å².